The van der Waals surface area contributed by atoms with E-state index in [4.69, 9.17) is 5.73 Å². The SMILES string of the molecule is N[C@@H]1C[C@@H]2CC(C(=O)NCCc3ccnn3-c3ccccc3)C[C@@H]21. The molecule has 1 aromatic heterocycles. The largest absolute Gasteiger partial charge is 0.355 e. The number of benzene rings is 1. The molecule has 3 N–H and O–H groups in total. The first-order chi connectivity index (χ1) is 11.7. The van der Waals surface area contributed by atoms with E-state index < -0.39 is 0 Å². The summed E-state index contributed by atoms with van der Waals surface area (Å²) in [5, 5.41) is 7.49. The summed E-state index contributed by atoms with van der Waals surface area (Å²) in [4.78, 5) is 12.4. The zero-order chi connectivity index (χ0) is 16.5. The summed E-state index contributed by atoms with van der Waals surface area (Å²) in [7, 11) is 0. The lowest BCUT2D eigenvalue weighted by molar-refractivity contribution is -0.124. The van der Waals surface area contributed by atoms with E-state index in [1.165, 1.54) is 0 Å². The van der Waals surface area contributed by atoms with Gasteiger partial charge < -0.3 is 11.1 Å². The molecule has 0 aliphatic heterocycles. The lowest BCUT2D eigenvalue weighted by Gasteiger charge is -2.37. The van der Waals surface area contributed by atoms with Crippen molar-refractivity contribution >= 4 is 5.91 Å². The molecule has 0 bridgehead atoms. The van der Waals surface area contributed by atoms with Gasteiger partial charge in [-0.25, -0.2) is 4.68 Å². The molecular weight excluding hydrogens is 300 g/mol. The molecule has 126 valence electrons. The van der Waals surface area contributed by atoms with Crippen LogP contribution >= 0.6 is 0 Å². The van der Waals surface area contributed by atoms with Gasteiger partial charge >= 0.3 is 0 Å². The number of aromatic nitrogens is 2. The third-order valence-electron chi connectivity index (χ3n) is 5.65. The summed E-state index contributed by atoms with van der Waals surface area (Å²) in [6, 6.07) is 12.4. The van der Waals surface area contributed by atoms with Gasteiger partial charge in [0, 0.05) is 36.8 Å². The maximum Gasteiger partial charge on any atom is 0.223 e. The summed E-state index contributed by atoms with van der Waals surface area (Å²) in [6.45, 7) is 0.648. The lowest BCUT2D eigenvalue weighted by atomic mass is 9.72. The van der Waals surface area contributed by atoms with Crippen molar-refractivity contribution in [3.05, 3.63) is 48.3 Å². The summed E-state index contributed by atoms with van der Waals surface area (Å²) in [6.07, 6.45) is 5.68. The van der Waals surface area contributed by atoms with E-state index in [9.17, 15) is 4.79 Å². The Labute approximate surface area is 142 Å². The van der Waals surface area contributed by atoms with Gasteiger partial charge in [-0.2, -0.15) is 5.10 Å². The van der Waals surface area contributed by atoms with Crippen LogP contribution in [0.4, 0.5) is 0 Å². The monoisotopic (exact) mass is 324 g/mol. The van der Waals surface area contributed by atoms with E-state index in [0.29, 0.717) is 24.4 Å². The second-order valence-corrected chi connectivity index (χ2v) is 7.10. The van der Waals surface area contributed by atoms with Gasteiger partial charge in [-0.15, -0.1) is 0 Å². The fraction of sp³-hybridized carbons (Fsp3) is 0.474. The molecular formula is C19H24N4O. The highest BCUT2D eigenvalue weighted by Crippen LogP contribution is 2.48. The lowest BCUT2D eigenvalue weighted by Crippen LogP contribution is -2.44. The Morgan fingerprint density at radius 3 is 2.79 bits per heavy atom. The fourth-order valence-electron chi connectivity index (χ4n) is 4.28. The van der Waals surface area contributed by atoms with Gasteiger partial charge in [0.1, 0.15) is 0 Å². The zero-order valence-corrected chi connectivity index (χ0v) is 13.8. The van der Waals surface area contributed by atoms with E-state index >= 15 is 0 Å². The number of fused-ring (bicyclic) bond motifs is 1. The Morgan fingerprint density at radius 1 is 1.21 bits per heavy atom. The topological polar surface area (TPSA) is 72.9 Å². The van der Waals surface area contributed by atoms with Crippen LogP contribution in [0.3, 0.4) is 0 Å². The van der Waals surface area contributed by atoms with Crippen LogP contribution < -0.4 is 11.1 Å². The molecule has 2 aliphatic carbocycles. The first-order valence-corrected chi connectivity index (χ1v) is 8.84. The Balaban J connectivity index is 1.31. The van der Waals surface area contributed by atoms with Crippen LogP contribution in [0.25, 0.3) is 5.69 Å². The van der Waals surface area contributed by atoms with E-state index in [1.54, 1.807) is 6.20 Å². The molecule has 2 saturated carbocycles. The van der Waals surface area contributed by atoms with E-state index in [-0.39, 0.29) is 11.8 Å². The number of nitrogens with one attached hydrogen (secondary N) is 1. The van der Waals surface area contributed by atoms with Crippen molar-refractivity contribution in [1.29, 1.82) is 0 Å². The van der Waals surface area contributed by atoms with Crippen molar-refractivity contribution in [3.8, 4) is 5.69 Å². The highest BCUT2D eigenvalue weighted by molar-refractivity contribution is 5.79. The number of rotatable bonds is 5. The summed E-state index contributed by atoms with van der Waals surface area (Å²) < 4.78 is 1.93. The molecule has 4 atom stereocenters. The molecule has 24 heavy (non-hydrogen) atoms. The van der Waals surface area contributed by atoms with Gasteiger partial charge in [0.25, 0.3) is 0 Å². The summed E-state index contributed by atoms with van der Waals surface area (Å²) >= 11 is 0. The second-order valence-electron chi connectivity index (χ2n) is 7.10. The minimum atomic E-state index is 0.160. The predicted octanol–water partition coefficient (Wildman–Crippen LogP) is 1.90. The molecule has 4 rings (SSSR count). The molecule has 1 aromatic carbocycles. The van der Waals surface area contributed by atoms with Crippen LogP contribution in [0.15, 0.2) is 42.6 Å². The van der Waals surface area contributed by atoms with Crippen molar-refractivity contribution < 1.29 is 4.79 Å². The number of carbonyl (C=O) groups excluding carboxylic acids is 1. The average molecular weight is 324 g/mol. The molecule has 2 aromatic rings. The van der Waals surface area contributed by atoms with Gasteiger partial charge in [-0.05, 0) is 49.3 Å². The van der Waals surface area contributed by atoms with Crippen LogP contribution in [0.2, 0.25) is 0 Å². The van der Waals surface area contributed by atoms with Crippen molar-refractivity contribution in [3.63, 3.8) is 0 Å². The van der Waals surface area contributed by atoms with E-state index in [2.05, 4.69) is 10.4 Å². The smallest absolute Gasteiger partial charge is 0.223 e. The molecule has 5 heteroatoms. The molecule has 1 unspecified atom stereocenters. The molecule has 1 amide bonds. The Morgan fingerprint density at radius 2 is 2.04 bits per heavy atom. The van der Waals surface area contributed by atoms with Gasteiger partial charge in [0.05, 0.1) is 5.69 Å². The fourth-order valence-corrected chi connectivity index (χ4v) is 4.28. The minimum Gasteiger partial charge on any atom is -0.355 e. The van der Waals surface area contributed by atoms with Crippen molar-refractivity contribution in [2.24, 2.45) is 23.5 Å². The first kappa shape index (κ1) is 15.4. The van der Waals surface area contributed by atoms with Crippen LogP contribution in [0.1, 0.15) is 25.0 Å². The number of para-hydroxylation sites is 1. The second kappa shape index (κ2) is 6.40. The molecule has 2 aliphatic rings. The number of hydrogen-bond donors (Lipinski definition) is 2. The maximum absolute atomic E-state index is 12.4. The standard InChI is InChI=1S/C19H24N4O/c20-18-12-13-10-14(11-17(13)18)19(24)21-8-6-16-7-9-22-23(16)15-4-2-1-3-5-15/h1-5,7,9,13-14,17-18H,6,8,10-12,20H2,(H,21,24)/t13-,14?,17-,18+/m0/s1. The third kappa shape index (κ3) is 2.84. The number of nitrogens with two attached hydrogens (primary N) is 1. The Hall–Kier alpha value is -2.14. The predicted molar refractivity (Wildman–Crippen MR) is 92.6 cm³/mol. The van der Waals surface area contributed by atoms with Crippen molar-refractivity contribution in [2.45, 2.75) is 31.7 Å². The molecule has 1 heterocycles. The maximum atomic E-state index is 12.4. The molecule has 0 spiro atoms. The van der Waals surface area contributed by atoms with Crippen molar-refractivity contribution in [1.82, 2.24) is 15.1 Å². The minimum absolute atomic E-state index is 0.160. The number of carbonyl (C=O) groups is 1. The first-order valence-electron chi connectivity index (χ1n) is 8.84. The van der Waals surface area contributed by atoms with Crippen LogP contribution in [-0.4, -0.2) is 28.3 Å². The van der Waals surface area contributed by atoms with E-state index in [0.717, 1.165) is 37.1 Å². The molecule has 2 fully saturated rings. The summed E-state index contributed by atoms with van der Waals surface area (Å²) in [5.74, 6) is 1.63. The van der Waals surface area contributed by atoms with Crippen LogP contribution in [0.5, 0.6) is 0 Å². The normalized spacial score (nSPS) is 28.2. The average Bonchev–Trinajstić information content (AvgIpc) is 3.19. The molecule has 5 nitrogen and oxygen atoms in total. The Kier molecular flexibility index (Phi) is 4.10. The molecule has 0 saturated heterocycles. The van der Waals surface area contributed by atoms with Gasteiger partial charge in [-0.3, -0.25) is 4.79 Å². The highest BCUT2D eigenvalue weighted by atomic mass is 16.1. The van der Waals surface area contributed by atoms with Crippen molar-refractivity contribution in [2.75, 3.05) is 6.54 Å². The van der Waals surface area contributed by atoms with Crippen LogP contribution in [-0.2, 0) is 11.2 Å². The third-order valence-corrected chi connectivity index (χ3v) is 5.65. The number of amides is 1. The Bertz CT molecular complexity index is 711. The number of hydrogen-bond acceptors (Lipinski definition) is 3. The van der Waals surface area contributed by atoms with Crippen LogP contribution in [0, 0.1) is 17.8 Å². The van der Waals surface area contributed by atoms with Gasteiger partial charge in [0.15, 0.2) is 0 Å². The zero-order valence-electron chi connectivity index (χ0n) is 13.8. The number of nitrogens with zero attached hydrogens (tertiary/aromatic N) is 2. The molecule has 0 radical (unpaired) electrons. The quantitative estimate of drug-likeness (QED) is 0.882. The van der Waals surface area contributed by atoms with Gasteiger partial charge in [0.2, 0.25) is 5.91 Å². The van der Waals surface area contributed by atoms with E-state index in [1.807, 2.05) is 41.1 Å². The highest BCUT2D eigenvalue weighted by Gasteiger charge is 2.47. The summed E-state index contributed by atoms with van der Waals surface area (Å²) in [5.41, 5.74) is 8.17. The van der Waals surface area contributed by atoms with Gasteiger partial charge in [-0.1, -0.05) is 18.2 Å².